The van der Waals surface area contributed by atoms with Crippen molar-refractivity contribution in [3.8, 4) is 5.75 Å². The van der Waals surface area contributed by atoms with Gasteiger partial charge in [-0.2, -0.15) is 0 Å². The van der Waals surface area contributed by atoms with Crippen molar-refractivity contribution in [2.45, 2.75) is 37.2 Å². The van der Waals surface area contributed by atoms with Crippen molar-refractivity contribution in [1.29, 1.82) is 0 Å². The van der Waals surface area contributed by atoms with Crippen LogP contribution in [0.25, 0.3) is 0 Å². The van der Waals surface area contributed by atoms with E-state index in [9.17, 15) is 9.00 Å². The van der Waals surface area contributed by atoms with Crippen molar-refractivity contribution >= 4 is 16.8 Å². The first-order valence-electron chi connectivity index (χ1n) is 8.42. The molecule has 2 aromatic rings. The first kappa shape index (κ1) is 18.7. The zero-order chi connectivity index (χ0) is 18.9. The number of fused-ring (bicyclic) bond motifs is 1. The number of halogens is 1. The second kappa shape index (κ2) is 6.93. The Morgan fingerprint density at radius 1 is 1.12 bits per heavy atom. The van der Waals surface area contributed by atoms with Gasteiger partial charge in [0, 0.05) is 0 Å². The zero-order valence-corrected chi connectivity index (χ0v) is 15.8. The number of carbonyl (C=O) groups is 1. The summed E-state index contributed by atoms with van der Waals surface area (Å²) in [6.07, 6.45) is 0. The second-order valence-corrected chi connectivity index (χ2v) is 9.32. The van der Waals surface area contributed by atoms with Crippen LogP contribution >= 0.6 is 0 Å². The van der Waals surface area contributed by atoms with Gasteiger partial charge in [0.05, 0.1) is 27.3 Å². The highest BCUT2D eigenvalue weighted by atomic mass is 32.2. The lowest BCUT2D eigenvalue weighted by Crippen LogP contribution is -2.54. The molecular formula is C20H22FNO3S. The van der Waals surface area contributed by atoms with Gasteiger partial charge in [-0.3, -0.25) is 4.79 Å². The minimum atomic E-state index is -2.36. The zero-order valence-electron chi connectivity index (χ0n) is 15.0. The fraction of sp³-hybridized carbons (Fsp3) is 0.350. The summed E-state index contributed by atoms with van der Waals surface area (Å²) >= 11 is 0. The molecule has 1 aliphatic heterocycles. The predicted molar refractivity (Wildman–Crippen MR) is 100 cm³/mol. The number of hydrogen-bond acceptors (Lipinski definition) is 3. The van der Waals surface area contributed by atoms with Crippen LogP contribution in [0.5, 0.6) is 5.75 Å². The van der Waals surface area contributed by atoms with Crippen molar-refractivity contribution in [2.24, 2.45) is 0 Å². The molecule has 1 N–H and O–H groups in total. The third-order valence-electron chi connectivity index (χ3n) is 4.32. The van der Waals surface area contributed by atoms with E-state index in [1.165, 1.54) is 0 Å². The second-order valence-electron chi connectivity index (χ2n) is 7.32. The third kappa shape index (κ3) is 3.44. The van der Waals surface area contributed by atoms with E-state index in [0.717, 1.165) is 0 Å². The van der Waals surface area contributed by atoms with Crippen LogP contribution < -0.4 is 9.46 Å². The summed E-state index contributed by atoms with van der Waals surface area (Å²) in [6, 6.07) is 14.3. The number of nitrogens with one attached hydrogen (secondary N) is 1. The highest BCUT2D eigenvalue weighted by Crippen LogP contribution is 2.40. The van der Waals surface area contributed by atoms with Gasteiger partial charge in [0.25, 0.3) is 0 Å². The SMILES string of the molecule is CC(C)(C)S(=O)N[C@H](c1ccccc1)[C@]1(F)COc2ccccc2C1=O. The molecule has 6 heteroatoms. The maximum Gasteiger partial charge on any atom is 0.227 e. The number of alkyl halides is 1. The molecule has 138 valence electrons. The third-order valence-corrected chi connectivity index (χ3v) is 5.88. The number of benzene rings is 2. The molecule has 3 atom stereocenters. The Labute approximate surface area is 155 Å². The van der Waals surface area contributed by atoms with E-state index < -0.39 is 39.8 Å². The molecule has 26 heavy (non-hydrogen) atoms. The molecule has 0 amide bonds. The average molecular weight is 375 g/mol. The lowest BCUT2D eigenvalue weighted by Gasteiger charge is -2.37. The average Bonchev–Trinajstić information content (AvgIpc) is 2.63. The van der Waals surface area contributed by atoms with Gasteiger partial charge in [-0.1, -0.05) is 42.5 Å². The molecule has 0 aromatic heterocycles. The molecule has 0 bridgehead atoms. The van der Waals surface area contributed by atoms with Crippen molar-refractivity contribution in [2.75, 3.05) is 6.61 Å². The van der Waals surface area contributed by atoms with Gasteiger partial charge < -0.3 is 4.74 Å². The summed E-state index contributed by atoms with van der Waals surface area (Å²) in [6.45, 7) is 4.93. The maximum atomic E-state index is 16.1. The van der Waals surface area contributed by atoms with Crippen LogP contribution in [-0.4, -0.2) is 27.0 Å². The van der Waals surface area contributed by atoms with Crippen molar-refractivity contribution in [3.05, 3.63) is 65.7 Å². The minimum Gasteiger partial charge on any atom is -0.489 e. The first-order chi connectivity index (χ1) is 12.2. The van der Waals surface area contributed by atoms with E-state index in [1.807, 2.05) is 0 Å². The van der Waals surface area contributed by atoms with E-state index in [0.29, 0.717) is 11.3 Å². The summed E-state index contributed by atoms with van der Waals surface area (Å²) < 4.78 is 36.5. The quantitative estimate of drug-likeness (QED) is 0.885. The van der Waals surface area contributed by atoms with Crippen LogP contribution in [0, 0.1) is 0 Å². The fourth-order valence-electron chi connectivity index (χ4n) is 2.82. The Hall–Kier alpha value is -2.05. The number of carbonyl (C=O) groups excluding carboxylic acids is 1. The Balaban J connectivity index is 2.04. The van der Waals surface area contributed by atoms with E-state index >= 15 is 4.39 Å². The van der Waals surface area contributed by atoms with E-state index in [4.69, 9.17) is 4.74 Å². The van der Waals surface area contributed by atoms with Crippen LogP contribution in [-0.2, 0) is 11.0 Å². The number of para-hydroxylation sites is 1. The standard InChI is InChI=1S/C20H22FNO3S/c1-19(2,3)26(24)22-17(14-9-5-4-6-10-14)20(21)13-25-16-12-8-7-11-15(16)18(20)23/h4-12,17,22H,13H2,1-3H3/t17-,20-,26?/m1/s1. The molecule has 1 aliphatic rings. The van der Waals surface area contributed by atoms with Crippen LogP contribution in [0.2, 0.25) is 0 Å². The molecule has 0 saturated carbocycles. The molecule has 1 heterocycles. The van der Waals surface area contributed by atoms with E-state index in [2.05, 4.69) is 4.72 Å². The Kier molecular flexibility index (Phi) is 4.99. The number of ether oxygens (including phenoxy) is 1. The van der Waals surface area contributed by atoms with E-state index in [-0.39, 0.29) is 5.56 Å². The number of ketones is 1. The van der Waals surface area contributed by atoms with Gasteiger partial charge in [0.2, 0.25) is 11.5 Å². The normalized spacial score (nSPS) is 22.2. The monoisotopic (exact) mass is 375 g/mol. The maximum absolute atomic E-state index is 16.1. The molecule has 1 unspecified atom stereocenters. The van der Waals surface area contributed by atoms with Gasteiger partial charge >= 0.3 is 0 Å². The van der Waals surface area contributed by atoms with Gasteiger partial charge in [0.1, 0.15) is 12.4 Å². The van der Waals surface area contributed by atoms with Crippen molar-refractivity contribution in [1.82, 2.24) is 4.72 Å². The highest BCUT2D eigenvalue weighted by Gasteiger charge is 2.52. The smallest absolute Gasteiger partial charge is 0.227 e. The van der Waals surface area contributed by atoms with Crippen LogP contribution in [0.15, 0.2) is 54.6 Å². The Morgan fingerprint density at radius 2 is 1.73 bits per heavy atom. The van der Waals surface area contributed by atoms with E-state index in [1.54, 1.807) is 75.4 Å². The molecule has 4 nitrogen and oxygen atoms in total. The van der Waals surface area contributed by atoms with Crippen molar-refractivity contribution < 1.29 is 18.1 Å². The topological polar surface area (TPSA) is 55.4 Å². The minimum absolute atomic E-state index is 0.200. The highest BCUT2D eigenvalue weighted by molar-refractivity contribution is 7.84. The Bertz CT molecular complexity index is 834. The van der Waals surface area contributed by atoms with Crippen LogP contribution in [0.4, 0.5) is 4.39 Å². The summed E-state index contributed by atoms with van der Waals surface area (Å²) in [7, 11) is -1.57. The largest absolute Gasteiger partial charge is 0.489 e. The summed E-state index contributed by atoms with van der Waals surface area (Å²) in [5.74, 6) is -0.291. The molecular weight excluding hydrogens is 353 g/mol. The molecule has 0 radical (unpaired) electrons. The molecule has 2 aromatic carbocycles. The predicted octanol–water partition coefficient (Wildman–Crippen LogP) is 3.76. The van der Waals surface area contributed by atoms with Crippen LogP contribution in [0.3, 0.4) is 0 Å². The molecule has 3 rings (SSSR count). The number of Topliss-reactive ketones (excluding diaryl/α,β-unsaturated/α-hetero) is 1. The van der Waals surface area contributed by atoms with Crippen LogP contribution in [0.1, 0.15) is 42.7 Å². The molecule has 0 saturated heterocycles. The van der Waals surface area contributed by atoms with Crippen molar-refractivity contribution in [3.63, 3.8) is 0 Å². The van der Waals surface area contributed by atoms with Gasteiger partial charge in [-0.15, -0.1) is 0 Å². The van der Waals surface area contributed by atoms with Gasteiger partial charge in [-0.05, 0) is 38.5 Å². The molecule has 0 aliphatic carbocycles. The molecule has 0 spiro atoms. The lowest BCUT2D eigenvalue weighted by molar-refractivity contribution is 0.0307. The summed E-state index contributed by atoms with van der Waals surface area (Å²) in [5.41, 5.74) is -1.62. The number of hydrogen-bond donors (Lipinski definition) is 1. The lowest BCUT2D eigenvalue weighted by atomic mass is 9.83. The summed E-state index contributed by atoms with van der Waals surface area (Å²) in [5, 5.41) is 0. The van der Waals surface area contributed by atoms with Gasteiger partial charge in [0.15, 0.2) is 0 Å². The molecule has 0 fully saturated rings. The van der Waals surface area contributed by atoms with Gasteiger partial charge in [-0.25, -0.2) is 13.3 Å². The summed E-state index contributed by atoms with van der Waals surface area (Å²) in [4.78, 5) is 13.0. The fourth-order valence-corrected chi connectivity index (χ4v) is 3.71. The Morgan fingerprint density at radius 3 is 2.38 bits per heavy atom. The number of rotatable bonds is 4. The first-order valence-corrected chi connectivity index (χ1v) is 9.57.